The first-order valence-electron chi connectivity index (χ1n) is 9.18. The minimum absolute atomic E-state index is 0.0301. The standard InChI is InChI=1S/C23H21N3O3/c27-21(25-26-23(29)19-14-8-3-9-15-19)16-20(17-10-4-1-5-11-17)24-22(28)18-12-6-2-7-13-18/h1-15,20H,16H2,(H,24,28)(H,25,27)(H,26,29)/t20-/m1/s1. The maximum atomic E-state index is 12.5. The van der Waals surface area contributed by atoms with Gasteiger partial charge < -0.3 is 5.32 Å². The molecule has 0 heterocycles. The van der Waals surface area contributed by atoms with Crippen molar-refractivity contribution in [3.8, 4) is 0 Å². The van der Waals surface area contributed by atoms with Gasteiger partial charge in [0.2, 0.25) is 5.91 Å². The number of rotatable bonds is 6. The van der Waals surface area contributed by atoms with Crippen LogP contribution in [0.25, 0.3) is 0 Å². The van der Waals surface area contributed by atoms with Crippen LogP contribution in [0.1, 0.15) is 38.7 Å². The van der Waals surface area contributed by atoms with Gasteiger partial charge in [0, 0.05) is 11.1 Å². The highest BCUT2D eigenvalue weighted by atomic mass is 16.2. The topological polar surface area (TPSA) is 87.3 Å². The molecule has 0 aliphatic carbocycles. The molecular weight excluding hydrogens is 366 g/mol. The van der Waals surface area contributed by atoms with E-state index in [0.717, 1.165) is 5.56 Å². The highest BCUT2D eigenvalue weighted by Crippen LogP contribution is 2.17. The average Bonchev–Trinajstić information content (AvgIpc) is 2.78. The molecule has 29 heavy (non-hydrogen) atoms. The van der Waals surface area contributed by atoms with E-state index < -0.39 is 17.9 Å². The van der Waals surface area contributed by atoms with Gasteiger partial charge in [-0.05, 0) is 29.8 Å². The van der Waals surface area contributed by atoms with E-state index in [1.807, 2.05) is 36.4 Å². The Hall–Kier alpha value is -3.93. The van der Waals surface area contributed by atoms with Crippen molar-refractivity contribution in [2.24, 2.45) is 0 Å². The van der Waals surface area contributed by atoms with Crippen LogP contribution in [0, 0.1) is 0 Å². The Kier molecular flexibility index (Phi) is 6.73. The quantitative estimate of drug-likeness (QED) is 0.568. The highest BCUT2D eigenvalue weighted by molar-refractivity contribution is 5.96. The van der Waals surface area contributed by atoms with Crippen molar-refractivity contribution in [2.75, 3.05) is 0 Å². The molecule has 3 aromatic carbocycles. The van der Waals surface area contributed by atoms with Crippen molar-refractivity contribution in [3.05, 3.63) is 108 Å². The Labute approximate surface area is 168 Å². The van der Waals surface area contributed by atoms with E-state index in [1.54, 1.807) is 54.6 Å². The summed E-state index contributed by atoms with van der Waals surface area (Å²) in [4.78, 5) is 37.0. The first-order chi connectivity index (χ1) is 14.1. The number of carbonyl (C=O) groups excluding carboxylic acids is 3. The zero-order valence-electron chi connectivity index (χ0n) is 15.7. The Bertz CT molecular complexity index is 960. The second-order valence-corrected chi connectivity index (χ2v) is 6.38. The summed E-state index contributed by atoms with van der Waals surface area (Å²) in [5, 5.41) is 2.89. The van der Waals surface area contributed by atoms with Crippen LogP contribution < -0.4 is 16.2 Å². The Morgan fingerprint density at radius 1 is 0.621 bits per heavy atom. The van der Waals surface area contributed by atoms with E-state index >= 15 is 0 Å². The molecule has 0 fully saturated rings. The van der Waals surface area contributed by atoms with Gasteiger partial charge >= 0.3 is 0 Å². The van der Waals surface area contributed by atoms with Crippen LogP contribution in [-0.4, -0.2) is 17.7 Å². The molecule has 1 atom stereocenters. The van der Waals surface area contributed by atoms with Crippen molar-refractivity contribution in [1.82, 2.24) is 16.2 Å². The molecule has 0 bridgehead atoms. The summed E-state index contributed by atoms with van der Waals surface area (Å²) in [5.74, 6) is -1.11. The number of carbonyl (C=O) groups is 3. The Morgan fingerprint density at radius 2 is 1.10 bits per heavy atom. The molecule has 0 unspecified atom stereocenters. The molecule has 0 spiro atoms. The first-order valence-corrected chi connectivity index (χ1v) is 9.18. The van der Waals surface area contributed by atoms with Crippen LogP contribution in [0.15, 0.2) is 91.0 Å². The van der Waals surface area contributed by atoms with Crippen molar-refractivity contribution >= 4 is 17.7 Å². The molecule has 0 aliphatic rings. The van der Waals surface area contributed by atoms with Crippen LogP contribution in [0.3, 0.4) is 0 Å². The molecule has 0 aromatic heterocycles. The number of hydrogen-bond acceptors (Lipinski definition) is 3. The fourth-order valence-corrected chi connectivity index (χ4v) is 2.79. The zero-order valence-corrected chi connectivity index (χ0v) is 15.7. The second kappa shape index (κ2) is 9.85. The van der Waals surface area contributed by atoms with E-state index in [0.29, 0.717) is 11.1 Å². The van der Waals surface area contributed by atoms with E-state index in [4.69, 9.17) is 0 Å². The van der Waals surface area contributed by atoms with Gasteiger partial charge in [-0.1, -0.05) is 66.7 Å². The molecular formula is C23H21N3O3. The number of benzene rings is 3. The molecule has 3 amide bonds. The lowest BCUT2D eigenvalue weighted by atomic mass is 10.0. The highest BCUT2D eigenvalue weighted by Gasteiger charge is 2.19. The van der Waals surface area contributed by atoms with Gasteiger partial charge in [0.25, 0.3) is 11.8 Å². The third kappa shape index (κ3) is 5.77. The van der Waals surface area contributed by atoms with Gasteiger partial charge in [0.1, 0.15) is 0 Å². The average molecular weight is 387 g/mol. The van der Waals surface area contributed by atoms with Crippen molar-refractivity contribution in [1.29, 1.82) is 0 Å². The summed E-state index contributed by atoms with van der Waals surface area (Å²) in [6.07, 6.45) is -0.0301. The monoisotopic (exact) mass is 387 g/mol. The predicted molar refractivity (Wildman–Crippen MR) is 110 cm³/mol. The second-order valence-electron chi connectivity index (χ2n) is 6.38. The lowest BCUT2D eigenvalue weighted by Crippen LogP contribution is -2.43. The van der Waals surface area contributed by atoms with Gasteiger partial charge in [-0.25, -0.2) is 0 Å². The third-order valence-corrected chi connectivity index (χ3v) is 4.28. The maximum absolute atomic E-state index is 12.5. The molecule has 6 nitrogen and oxygen atoms in total. The van der Waals surface area contributed by atoms with E-state index in [9.17, 15) is 14.4 Å². The zero-order chi connectivity index (χ0) is 20.5. The van der Waals surface area contributed by atoms with Crippen molar-refractivity contribution < 1.29 is 14.4 Å². The number of hydrazine groups is 1. The van der Waals surface area contributed by atoms with Gasteiger partial charge in [-0.2, -0.15) is 0 Å². The SMILES string of the molecule is O=C(C[C@@H](NC(=O)c1ccccc1)c1ccccc1)NNC(=O)c1ccccc1. The van der Waals surface area contributed by atoms with Gasteiger partial charge in [0.05, 0.1) is 12.5 Å². The smallest absolute Gasteiger partial charge is 0.269 e. The van der Waals surface area contributed by atoms with Crippen LogP contribution in [-0.2, 0) is 4.79 Å². The summed E-state index contributed by atoms with van der Waals surface area (Å²) < 4.78 is 0. The number of hydrogen-bond donors (Lipinski definition) is 3. The van der Waals surface area contributed by atoms with E-state index in [-0.39, 0.29) is 12.3 Å². The lowest BCUT2D eigenvalue weighted by molar-refractivity contribution is -0.122. The van der Waals surface area contributed by atoms with Crippen LogP contribution in [0.2, 0.25) is 0 Å². The minimum Gasteiger partial charge on any atom is -0.345 e. The van der Waals surface area contributed by atoms with Crippen LogP contribution in [0.4, 0.5) is 0 Å². The third-order valence-electron chi connectivity index (χ3n) is 4.28. The molecule has 146 valence electrons. The Balaban J connectivity index is 1.64. The summed E-state index contributed by atoms with van der Waals surface area (Å²) in [7, 11) is 0. The summed E-state index contributed by atoms with van der Waals surface area (Å²) in [6, 6.07) is 26.0. The van der Waals surface area contributed by atoms with Crippen LogP contribution in [0.5, 0.6) is 0 Å². The summed E-state index contributed by atoms with van der Waals surface area (Å²) in [5.41, 5.74) is 6.53. The normalized spacial score (nSPS) is 11.2. The Morgan fingerprint density at radius 3 is 1.66 bits per heavy atom. The fourth-order valence-electron chi connectivity index (χ4n) is 2.79. The van der Waals surface area contributed by atoms with Crippen molar-refractivity contribution in [3.63, 3.8) is 0 Å². The summed E-state index contributed by atoms with van der Waals surface area (Å²) >= 11 is 0. The van der Waals surface area contributed by atoms with E-state index in [1.165, 1.54) is 0 Å². The maximum Gasteiger partial charge on any atom is 0.269 e. The molecule has 0 saturated carbocycles. The first kappa shape index (κ1) is 19.8. The lowest BCUT2D eigenvalue weighted by Gasteiger charge is -2.19. The fraction of sp³-hybridized carbons (Fsp3) is 0.0870. The molecule has 3 aromatic rings. The largest absolute Gasteiger partial charge is 0.345 e. The minimum atomic E-state index is -0.544. The predicted octanol–water partition coefficient (Wildman–Crippen LogP) is 3.01. The molecule has 3 rings (SSSR count). The molecule has 0 radical (unpaired) electrons. The van der Waals surface area contributed by atoms with Gasteiger partial charge in [-0.3, -0.25) is 25.2 Å². The van der Waals surface area contributed by atoms with Gasteiger partial charge in [0.15, 0.2) is 0 Å². The molecule has 6 heteroatoms. The number of amides is 3. The van der Waals surface area contributed by atoms with E-state index in [2.05, 4.69) is 16.2 Å². The van der Waals surface area contributed by atoms with Crippen LogP contribution >= 0.6 is 0 Å². The number of nitrogens with one attached hydrogen (secondary N) is 3. The molecule has 3 N–H and O–H groups in total. The van der Waals surface area contributed by atoms with Crippen molar-refractivity contribution in [2.45, 2.75) is 12.5 Å². The molecule has 0 saturated heterocycles. The summed E-state index contributed by atoms with van der Waals surface area (Å²) in [6.45, 7) is 0. The molecule has 0 aliphatic heterocycles. The van der Waals surface area contributed by atoms with Gasteiger partial charge in [-0.15, -0.1) is 0 Å².